The van der Waals surface area contributed by atoms with Gasteiger partial charge in [0.25, 0.3) is 0 Å². The molecule has 0 aliphatic rings. The zero-order valence-electron chi connectivity index (χ0n) is 11.5. The Morgan fingerprint density at radius 3 is 2.84 bits per heavy atom. The highest BCUT2D eigenvalue weighted by Crippen LogP contribution is 2.11. The standard InChI is InChI=1S/C15H23NO3/c1-2-3-9-19-10-5-8-16-15(18)12-13-6-4-7-14(17)11-13/h4,6-7,11,17H,2-3,5,8-10,12H2,1H3,(H,16,18). The van der Waals surface area contributed by atoms with E-state index in [1.54, 1.807) is 18.2 Å². The number of benzene rings is 1. The van der Waals surface area contributed by atoms with Crippen LogP contribution in [0.3, 0.4) is 0 Å². The van der Waals surface area contributed by atoms with E-state index in [1.165, 1.54) is 0 Å². The van der Waals surface area contributed by atoms with Gasteiger partial charge in [0.2, 0.25) is 5.91 Å². The number of hydrogen-bond acceptors (Lipinski definition) is 3. The molecule has 1 aromatic carbocycles. The smallest absolute Gasteiger partial charge is 0.224 e. The molecule has 0 saturated carbocycles. The molecule has 1 aromatic rings. The quantitative estimate of drug-likeness (QED) is 0.673. The highest BCUT2D eigenvalue weighted by molar-refractivity contribution is 5.78. The lowest BCUT2D eigenvalue weighted by atomic mass is 10.1. The number of nitrogens with one attached hydrogen (secondary N) is 1. The molecule has 0 bridgehead atoms. The van der Waals surface area contributed by atoms with Crippen molar-refractivity contribution in [2.45, 2.75) is 32.6 Å². The van der Waals surface area contributed by atoms with Gasteiger partial charge in [-0.3, -0.25) is 4.79 Å². The van der Waals surface area contributed by atoms with E-state index < -0.39 is 0 Å². The number of ether oxygens (including phenoxy) is 1. The summed E-state index contributed by atoms with van der Waals surface area (Å²) in [7, 11) is 0. The summed E-state index contributed by atoms with van der Waals surface area (Å²) in [4.78, 5) is 11.6. The molecule has 19 heavy (non-hydrogen) atoms. The molecule has 0 heterocycles. The predicted molar refractivity (Wildman–Crippen MR) is 75.2 cm³/mol. The van der Waals surface area contributed by atoms with Gasteiger partial charge < -0.3 is 15.2 Å². The second-order valence-corrected chi connectivity index (χ2v) is 4.52. The molecule has 0 aliphatic carbocycles. The third-order valence-corrected chi connectivity index (χ3v) is 2.71. The molecule has 4 nitrogen and oxygen atoms in total. The van der Waals surface area contributed by atoms with Gasteiger partial charge in [-0.25, -0.2) is 0 Å². The molecule has 0 unspecified atom stereocenters. The average Bonchev–Trinajstić information content (AvgIpc) is 2.37. The van der Waals surface area contributed by atoms with E-state index in [-0.39, 0.29) is 11.7 Å². The van der Waals surface area contributed by atoms with Crippen molar-refractivity contribution in [3.8, 4) is 5.75 Å². The van der Waals surface area contributed by atoms with Crippen molar-refractivity contribution in [1.29, 1.82) is 0 Å². The van der Waals surface area contributed by atoms with Crippen LogP contribution in [0.4, 0.5) is 0 Å². The lowest BCUT2D eigenvalue weighted by Gasteiger charge is -2.06. The molecule has 2 N–H and O–H groups in total. The summed E-state index contributed by atoms with van der Waals surface area (Å²) < 4.78 is 5.41. The van der Waals surface area contributed by atoms with Crippen LogP contribution >= 0.6 is 0 Å². The van der Waals surface area contributed by atoms with Gasteiger partial charge in [-0.1, -0.05) is 25.5 Å². The fraction of sp³-hybridized carbons (Fsp3) is 0.533. The number of aromatic hydroxyl groups is 1. The summed E-state index contributed by atoms with van der Waals surface area (Å²) >= 11 is 0. The van der Waals surface area contributed by atoms with E-state index in [9.17, 15) is 9.90 Å². The maximum Gasteiger partial charge on any atom is 0.224 e. The Bertz CT molecular complexity index is 379. The molecule has 0 fully saturated rings. The third-order valence-electron chi connectivity index (χ3n) is 2.71. The first-order valence-corrected chi connectivity index (χ1v) is 6.84. The number of phenolic OH excluding ortho intramolecular Hbond substituents is 1. The van der Waals surface area contributed by atoms with Gasteiger partial charge in [0.1, 0.15) is 5.75 Å². The number of carbonyl (C=O) groups excluding carboxylic acids is 1. The van der Waals surface area contributed by atoms with E-state index in [0.29, 0.717) is 19.6 Å². The SMILES string of the molecule is CCCCOCCCNC(=O)Cc1cccc(O)c1. The molecular formula is C15H23NO3. The van der Waals surface area contributed by atoms with E-state index in [2.05, 4.69) is 12.2 Å². The summed E-state index contributed by atoms with van der Waals surface area (Å²) in [5, 5.41) is 12.1. The van der Waals surface area contributed by atoms with Crippen molar-refractivity contribution in [2.75, 3.05) is 19.8 Å². The molecule has 1 rings (SSSR count). The Morgan fingerprint density at radius 2 is 2.11 bits per heavy atom. The van der Waals surface area contributed by atoms with Crippen LogP contribution in [-0.4, -0.2) is 30.8 Å². The van der Waals surface area contributed by atoms with Crippen molar-refractivity contribution in [3.63, 3.8) is 0 Å². The minimum atomic E-state index is -0.0286. The lowest BCUT2D eigenvalue weighted by Crippen LogP contribution is -2.26. The van der Waals surface area contributed by atoms with Gasteiger partial charge in [0, 0.05) is 19.8 Å². The average molecular weight is 265 g/mol. The molecule has 0 spiro atoms. The Kier molecular flexibility index (Phi) is 7.66. The van der Waals surface area contributed by atoms with Crippen LogP contribution in [0.1, 0.15) is 31.7 Å². The first kappa shape index (κ1) is 15.5. The van der Waals surface area contributed by atoms with Crippen molar-refractivity contribution in [2.24, 2.45) is 0 Å². The maximum atomic E-state index is 11.6. The second-order valence-electron chi connectivity index (χ2n) is 4.52. The highest BCUT2D eigenvalue weighted by atomic mass is 16.5. The number of unbranched alkanes of at least 4 members (excludes halogenated alkanes) is 1. The van der Waals surface area contributed by atoms with E-state index in [4.69, 9.17) is 4.74 Å². The van der Waals surface area contributed by atoms with Crippen LogP contribution in [0.25, 0.3) is 0 Å². The molecular weight excluding hydrogens is 242 g/mol. The second kappa shape index (κ2) is 9.39. The number of rotatable bonds is 9. The van der Waals surface area contributed by atoms with Crippen LogP contribution in [0.5, 0.6) is 5.75 Å². The van der Waals surface area contributed by atoms with Gasteiger partial charge >= 0.3 is 0 Å². The minimum Gasteiger partial charge on any atom is -0.508 e. The Balaban J connectivity index is 2.08. The van der Waals surface area contributed by atoms with Crippen LogP contribution < -0.4 is 5.32 Å². The maximum absolute atomic E-state index is 11.6. The van der Waals surface area contributed by atoms with Crippen molar-refractivity contribution in [3.05, 3.63) is 29.8 Å². The first-order chi connectivity index (χ1) is 9.22. The molecule has 106 valence electrons. The molecule has 1 amide bonds. The summed E-state index contributed by atoms with van der Waals surface area (Å²) in [6, 6.07) is 6.76. The first-order valence-electron chi connectivity index (χ1n) is 6.84. The van der Waals surface area contributed by atoms with Gasteiger partial charge in [0.05, 0.1) is 6.42 Å². The van der Waals surface area contributed by atoms with Gasteiger partial charge in [-0.05, 0) is 30.5 Å². The molecule has 0 aromatic heterocycles. The van der Waals surface area contributed by atoms with E-state index in [1.807, 2.05) is 6.07 Å². The lowest BCUT2D eigenvalue weighted by molar-refractivity contribution is -0.120. The van der Waals surface area contributed by atoms with Crippen molar-refractivity contribution < 1.29 is 14.6 Å². The molecule has 0 atom stereocenters. The van der Waals surface area contributed by atoms with Crippen LogP contribution in [0, 0.1) is 0 Å². The van der Waals surface area contributed by atoms with Crippen LogP contribution in [0.2, 0.25) is 0 Å². The molecule has 0 aliphatic heterocycles. The zero-order chi connectivity index (χ0) is 13.9. The Hall–Kier alpha value is -1.55. The van der Waals surface area contributed by atoms with E-state index >= 15 is 0 Å². The summed E-state index contributed by atoms with van der Waals surface area (Å²) in [6.07, 6.45) is 3.35. The minimum absolute atomic E-state index is 0.0286. The number of phenols is 1. The largest absolute Gasteiger partial charge is 0.508 e. The summed E-state index contributed by atoms with van der Waals surface area (Å²) in [5.41, 5.74) is 0.816. The van der Waals surface area contributed by atoms with Crippen LogP contribution in [-0.2, 0) is 16.0 Å². The summed E-state index contributed by atoms with van der Waals surface area (Å²) in [5.74, 6) is 0.161. The predicted octanol–water partition coefficient (Wildman–Crippen LogP) is 2.26. The number of carbonyl (C=O) groups is 1. The normalized spacial score (nSPS) is 10.4. The third kappa shape index (κ3) is 7.47. The molecule has 0 radical (unpaired) electrons. The van der Waals surface area contributed by atoms with E-state index in [0.717, 1.165) is 31.4 Å². The monoisotopic (exact) mass is 265 g/mol. The fourth-order valence-corrected chi connectivity index (χ4v) is 1.66. The zero-order valence-corrected chi connectivity index (χ0v) is 11.5. The number of amides is 1. The highest BCUT2D eigenvalue weighted by Gasteiger charge is 2.03. The van der Waals surface area contributed by atoms with Crippen LogP contribution in [0.15, 0.2) is 24.3 Å². The molecule has 0 saturated heterocycles. The summed E-state index contributed by atoms with van der Waals surface area (Å²) in [6.45, 7) is 4.24. The fourth-order valence-electron chi connectivity index (χ4n) is 1.66. The Morgan fingerprint density at radius 1 is 1.32 bits per heavy atom. The van der Waals surface area contributed by atoms with Gasteiger partial charge in [-0.15, -0.1) is 0 Å². The Labute approximate surface area is 114 Å². The van der Waals surface area contributed by atoms with Gasteiger partial charge in [0.15, 0.2) is 0 Å². The molecule has 4 heteroatoms. The number of hydrogen-bond donors (Lipinski definition) is 2. The van der Waals surface area contributed by atoms with Crippen molar-refractivity contribution in [1.82, 2.24) is 5.32 Å². The van der Waals surface area contributed by atoms with Crippen molar-refractivity contribution >= 4 is 5.91 Å². The van der Waals surface area contributed by atoms with Gasteiger partial charge in [-0.2, -0.15) is 0 Å². The topological polar surface area (TPSA) is 58.6 Å².